The number of aromatic hydroxyl groups is 2. The molecule has 0 aliphatic heterocycles. The van der Waals surface area contributed by atoms with E-state index in [9.17, 15) is 19.2 Å². The zero-order chi connectivity index (χ0) is 15.9. The Morgan fingerprint density at radius 1 is 1.05 bits per heavy atom. The van der Waals surface area contributed by atoms with Crippen LogP contribution in [0.15, 0.2) is 48.5 Å². The van der Waals surface area contributed by atoms with Gasteiger partial charge in [0.05, 0.1) is 5.56 Å². The third kappa shape index (κ3) is 4.33. The number of phenols is 2. The number of para-hydroxylation sites is 1. The Labute approximate surface area is 131 Å². The number of benzene rings is 2. The van der Waals surface area contributed by atoms with Crippen LogP contribution in [0.3, 0.4) is 0 Å². The summed E-state index contributed by atoms with van der Waals surface area (Å²) in [5, 5.41) is 21.5. The van der Waals surface area contributed by atoms with Crippen molar-refractivity contribution in [1.82, 2.24) is 5.32 Å². The lowest BCUT2D eigenvalue weighted by atomic mass is 10.2. The van der Waals surface area contributed by atoms with Gasteiger partial charge in [0.25, 0.3) is 5.91 Å². The van der Waals surface area contributed by atoms with Crippen molar-refractivity contribution in [2.45, 2.75) is 5.75 Å². The lowest BCUT2D eigenvalue weighted by Crippen LogP contribution is -2.28. The summed E-state index contributed by atoms with van der Waals surface area (Å²) in [5.41, 5.74) is 0.978. The number of hydrogen-bond donors (Lipinski definition) is 3. The molecule has 1 unspecified atom stereocenters. The van der Waals surface area contributed by atoms with Gasteiger partial charge < -0.3 is 15.5 Å². The van der Waals surface area contributed by atoms with Crippen LogP contribution in [0.5, 0.6) is 11.5 Å². The van der Waals surface area contributed by atoms with Gasteiger partial charge in [0.2, 0.25) is 0 Å². The number of rotatable bonds is 6. The van der Waals surface area contributed by atoms with Crippen LogP contribution in [0, 0.1) is 0 Å². The second kappa shape index (κ2) is 7.61. The van der Waals surface area contributed by atoms with Gasteiger partial charge in [-0.2, -0.15) is 0 Å². The Kier molecular flexibility index (Phi) is 5.55. The van der Waals surface area contributed by atoms with Crippen LogP contribution >= 0.6 is 0 Å². The van der Waals surface area contributed by atoms with E-state index in [0.717, 1.165) is 5.56 Å². The molecule has 0 radical (unpaired) electrons. The second-order valence-corrected chi connectivity index (χ2v) is 6.28. The van der Waals surface area contributed by atoms with E-state index in [1.807, 2.05) is 30.3 Å². The molecule has 2 aromatic carbocycles. The normalized spacial score (nSPS) is 11.8. The molecule has 6 heteroatoms. The molecule has 1 atom stereocenters. The van der Waals surface area contributed by atoms with E-state index in [2.05, 4.69) is 5.32 Å². The van der Waals surface area contributed by atoms with Crippen molar-refractivity contribution < 1.29 is 19.2 Å². The van der Waals surface area contributed by atoms with Crippen LogP contribution in [0.2, 0.25) is 0 Å². The fraction of sp³-hybridized carbons (Fsp3) is 0.188. The standard InChI is InChI=1S/C16H17NO4S/c18-14-8-4-7-13(15(14)19)16(20)17-9-10-22(21)11-12-5-2-1-3-6-12/h1-8,18-19H,9-11H2,(H,17,20). The minimum absolute atomic E-state index is 0.00570. The van der Waals surface area contributed by atoms with Crippen molar-refractivity contribution in [3.8, 4) is 11.5 Å². The molecular formula is C16H17NO4S. The fourth-order valence-corrected chi connectivity index (χ4v) is 2.96. The maximum Gasteiger partial charge on any atom is 0.255 e. The van der Waals surface area contributed by atoms with E-state index in [4.69, 9.17) is 0 Å². The topological polar surface area (TPSA) is 86.6 Å². The molecule has 0 spiro atoms. The van der Waals surface area contributed by atoms with Gasteiger partial charge in [-0.05, 0) is 17.7 Å². The molecule has 2 aromatic rings. The van der Waals surface area contributed by atoms with Crippen molar-refractivity contribution in [2.75, 3.05) is 12.3 Å². The third-order valence-electron chi connectivity index (χ3n) is 3.05. The number of amides is 1. The summed E-state index contributed by atoms with van der Waals surface area (Å²) in [6.07, 6.45) is 0. The highest BCUT2D eigenvalue weighted by atomic mass is 32.2. The average molecular weight is 319 g/mol. The van der Waals surface area contributed by atoms with Gasteiger partial charge in [0.1, 0.15) is 0 Å². The Bertz CT molecular complexity index is 673. The van der Waals surface area contributed by atoms with Crippen LogP contribution in [-0.2, 0) is 16.6 Å². The minimum Gasteiger partial charge on any atom is -0.504 e. The third-order valence-corrected chi connectivity index (χ3v) is 4.36. The van der Waals surface area contributed by atoms with Gasteiger partial charge >= 0.3 is 0 Å². The first kappa shape index (κ1) is 16.0. The van der Waals surface area contributed by atoms with Crippen LogP contribution in [0.25, 0.3) is 0 Å². The molecule has 116 valence electrons. The molecule has 5 nitrogen and oxygen atoms in total. The first-order chi connectivity index (χ1) is 10.6. The molecule has 3 N–H and O–H groups in total. The zero-order valence-electron chi connectivity index (χ0n) is 11.9. The van der Waals surface area contributed by atoms with E-state index in [1.165, 1.54) is 18.2 Å². The molecule has 0 aliphatic carbocycles. The summed E-state index contributed by atoms with van der Waals surface area (Å²) in [7, 11) is -1.08. The highest BCUT2D eigenvalue weighted by molar-refractivity contribution is 7.84. The van der Waals surface area contributed by atoms with E-state index in [-0.39, 0.29) is 17.9 Å². The molecule has 0 saturated heterocycles. The van der Waals surface area contributed by atoms with Gasteiger partial charge in [0.15, 0.2) is 11.5 Å². The predicted molar refractivity (Wildman–Crippen MR) is 85.3 cm³/mol. The Morgan fingerprint density at radius 3 is 2.50 bits per heavy atom. The van der Waals surface area contributed by atoms with Gasteiger partial charge in [-0.3, -0.25) is 9.00 Å². The van der Waals surface area contributed by atoms with Crippen LogP contribution in [0.4, 0.5) is 0 Å². The molecular weight excluding hydrogens is 302 g/mol. The predicted octanol–water partition coefficient (Wildman–Crippen LogP) is 1.78. The quantitative estimate of drug-likeness (QED) is 0.708. The van der Waals surface area contributed by atoms with E-state index in [0.29, 0.717) is 11.5 Å². The Hall–Kier alpha value is -2.34. The lowest BCUT2D eigenvalue weighted by Gasteiger charge is -2.08. The summed E-state index contributed by atoms with van der Waals surface area (Å²) in [6, 6.07) is 13.7. The number of nitrogens with one attached hydrogen (secondary N) is 1. The molecule has 0 aliphatic rings. The zero-order valence-corrected chi connectivity index (χ0v) is 12.7. The number of phenolic OH excluding ortho intramolecular Hbond substituents is 2. The van der Waals surface area contributed by atoms with E-state index in [1.54, 1.807) is 0 Å². The van der Waals surface area contributed by atoms with Gasteiger partial charge in [-0.25, -0.2) is 0 Å². The highest BCUT2D eigenvalue weighted by Gasteiger charge is 2.13. The minimum atomic E-state index is -1.08. The first-order valence-corrected chi connectivity index (χ1v) is 8.25. The molecule has 0 fully saturated rings. The molecule has 0 heterocycles. The van der Waals surface area contributed by atoms with Crippen molar-refractivity contribution in [1.29, 1.82) is 0 Å². The average Bonchev–Trinajstić information content (AvgIpc) is 2.51. The largest absolute Gasteiger partial charge is 0.504 e. The van der Waals surface area contributed by atoms with Crippen LogP contribution in [0.1, 0.15) is 15.9 Å². The van der Waals surface area contributed by atoms with Crippen LogP contribution < -0.4 is 5.32 Å². The van der Waals surface area contributed by atoms with Crippen LogP contribution in [-0.4, -0.2) is 32.6 Å². The summed E-state index contributed by atoms with van der Waals surface area (Å²) in [6.45, 7) is 0.230. The molecule has 2 rings (SSSR count). The number of carbonyl (C=O) groups is 1. The van der Waals surface area contributed by atoms with E-state index >= 15 is 0 Å². The van der Waals surface area contributed by atoms with Crippen molar-refractivity contribution in [2.24, 2.45) is 0 Å². The van der Waals surface area contributed by atoms with Gasteiger partial charge in [-0.1, -0.05) is 36.4 Å². The van der Waals surface area contributed by atoms with Crippen molar-refractivity contribution >= 4 is 16.7 Å². The molecule has 0 aromatic heterocycles. The first-order valence-electron chi connectivity index (χ1n) is 6.76. The van der Waals surface area contributed by atoms with Crippen molar-refractivity contribution in [3.63, 3.8) is 0 Å². The number of carbonyl (C=O) groups excluding carboxylic acids is 1. The van der Waals surface area contributed by atoms with Crippen molar-refractivity contribution in [3.05, 3.63) is 59.7 Å². The maximum absolute atomic E-state index is 11.9. The molecule has 22 heavy (non-hydrogen) atoms. The summed E-state index contributed by atoms with van der Waals surface area (Å²) in [4.78, 5) is 11.9. The fourth-order valence-electron chi connectivity index (χ4n) is 1.92. The summed E-state index contributed by atoms with van der Waals surface area (Å²) < 4.78 is 11.9. The van der Waals surface area contributed by atoms with Gasteiger partial charge in [0, 0.05) is 28.9 Å². The Morgan fingerprint density at radius 2 is 1.77 bits per heavy atom. The smallest absolute Gasteiger partial charge is 0.255 e. The Balaban J connectivity index is 1.82. The summed E-state index contributed by atoms with van der Waals surface area (Å²) in [5.74, 6) is -0.551. The second-order valence-electron chi connectivity index (χ2n) is 4.70. The molecule has 0 bridgehead atoms. The van der Waals surface area contributed by atoms with Gasteiger partial charge in [-0.15, -0.1) is 0 Å². The maximum atomic E-state index is 11.9. The molecule has 1 amide bonds. The summed E-state index contributed by atoms with van der Waals surface area (Å²) >= 11 is 0. The number of hydrogen-bond acceptors (Lipinski definition) is 4. The highest BCUT2D eigenvalue weighted by Crippen LogP contribution is 2.27. The lowest BCUT2D eigenvalue weighted by molar-refractivity contribution is 0.0953. The van der Waals surface area contributed by atoms with E-state index < -0.39 is 22.5 Å². The molecule has 0 saturated carbocycles. The monoisotopic (exact) mass is 319 g/mol. The SMILES string of the molecule is O=C(NCCS(=O)Cc1ccccc1)c1cccc(O)c1O.